The lowest BCUT2D eigenvalue weighted by atomic mass is 9.61. The highest BCUT2D eigenvalue weighted by molar-refractivity contribution is 5.83. The zero-order valence-corrected chi connectivity index (χ0v) is 14.0. The van der Waals surface area contributed by atoms with Gasteiger partial charge in [0.2, 0.25) is 0 Å². The second-order valence-electron chi connectivity index (χ2n) is 6.75. The van der Waals surface area contributed by atoms with Gasteiger partial charge in [0.25, 0.3) is 0 Å². The predicted molar refractivity (Wildman–Crippen MR) is 102 cm³/mol. The number of hydrogen-bond acceptors (Lipinski definition) is 2. The molecule has 6 rings (SSSR count). The van der Waals surface area contributed by atoms with E-state index in [2.05, 4.69) is 71.2 Å². The van der Waals surface area contributed by atoms with Crippen LogP contribution in [0.4, 0.5) is 4.79 Å². The molecule has 2 amide bonds. The molecule has 3 N–H and O–H groups in total. The number of hydrogen-bond donors (Lipinski definition) is 2. The molecule has 26 heavy (non-hydrogen) atoms. The first-order valence-electron chi connectivity index (χ1n) is 8.64. The fourth-order valence-corrected chi connectivity index (χ4v) is 4.44. The number of primary amides is 1. The number of amides is 2. The van der Waals surface area contributed by atoms with Crippen LogP contribution in [0.25, 0.3) is 0 Å². The molecule has 0 radical (unpaired) electrons. The highest BCUT2D eigenvalue weighted by atomic mass is 16.2. The molecule has 0 heterocycles. The van der Waals surface area contributed by atoms with Crippen LogP contribution < -0.4 is 11.2 Å². The lowest BCUT2D eigenvalue weighted by molar-refractivity contribution is 0.249. The van der Waals surface area contributed by atoms with Gasteiger partial charge in [-0.05, 0) is 45.0 Å². The van der Waals surface area contributed by atoms with E-state index < -0.39 is 6.03 Å². The Bertz CT molecular complexity index is 1020. The first kappa shape index (κ1) is 14.9. The molecule has 0 saturated carbocycles. The monoisotopic (exact) mass is 339 g/mol. The van der Waals surface area contributed by atoms with Gasteiger partial charge in [0.15, 0.2) is 0 Å². The van der Waals surface area contributed by atoms with Gasteiger partial charge < -0.3 is 5.73 Å². The van der Waals surface area contributed by atoms with Gasteiger partial charge in [-0.15, -0.1) is 0 Å². The van der Waals surface area contributed by atoms with Gasteiger partial charge in [-0.3, -0.25) is 0 Å². The van der Waals surface area contributed by atoms with Crippen LogP contribution in [0.5, 0.6) is 0 Å². The largest absolute Gasteiger partial charge is 0.350 e. The van der Waals surface area contributed by atoms with E-state index in [1.165, 1.54) is 33.4 Å². The lowest BCUT2D eigenvalue weighted by Crippen LogP contribution is -2.27. The van der Waals surface area contributed by atoms with Crippen molar-refractivity contribution < 1.29 is 4.79 Å². The van der Waals surface area contributed by atoms with Crippen LogP contribution in [0.3, 0.4) is 0 Å². The van der Waals surface area contributed by atoms with Gasteiger partial charge >= 0.3 is 6.03 Å². The van der Waals surface area contributed by atoms with Crippen LogP contribution in [-0.4, -0.2) is 12.2 Å². The number of carbonyl (C=O) groups is 1. The van der Waals surface area contributed by atoms with E-state index in [0.29, 0.717) is 0 Å². The molecule has 0 atom stereocenters. The van der Waals surface area contributed by atoms with Gasteiger partial charge in [-0.2, -0.15) is 5.10 Å². The van der Waals surface area contributed by atoms with Crippen molar-refractivity contribution in [3.05, 3.63) is 106 Å². The van der Waals surface area contributed by atoms with E-state index in [1.54, 1.807) is 6.21 Å². The maximum absolute atomic E-state index is 10.8. The minimum absolute atomic E-state index is 0.236. The van der Waals surface area contributed by atoms with Gasteiger partial charge in [0, 0.05) is 11.8 Å². The van der Waals surface area contributed by atoms with E-state index in [9.17, 15) is 4.79 Å². The molecule has 3 aromatic carbocycles. The molecule has 0 aliphatic heterocycles. The number of urea groups is 1. The highest BCUT2D eigenvalue weighted by Gasteiger charge is 2.40. The third-order valence-electron chi connectivity index (χ3n) is 5.36. The van der Waals surface area contributed by atoms with E-state index in [0.717, 1.165) is 5.56 Å². The van der Waals surface area contributed by atoms with Crippen molar-refractivity contribution in [3.63, 3.8) is 0 Å². The molecule has 4 heteroatoms. The van der Waals surface area contributed by atoms with Crippen LogP contribution in [-0.2, 0) is 0 Å². The molecule has 0 fully saturated rings. The first-order chi connectivity index (χ1) is 12.7. The Labute approximate surface area is 151 Å². The van der Waals surface area contributed by atoms with Crippen molar-refractivity contribution in [2.75, 3.05) is 0 Å². The molecule has 126 valence electrons. The third-order valence-corrected chi connectivity index (χ3v) is 5.36. The Hall–Kier alpha value is -3.40. The molecule has 4 nitrogen and oxygen atoms in total. The summed E-state index contributed by atoms with van der Waals surface area (Å²) in [6.45, 7) is 0. The molecular weight excluding hydrogens is 322 g/mol. The number of rotatable bonds is 2. The molecule has 3 aliphatic rings. The van der Waals surface area contributed by atoms with Crippen LogP contribution in [0, 0.1) is 0 Å². The maximum Gasteiger partial charge on any atom is 0.332 e. The summed E-state index contributed by atoms with van der Waals surface area (Å²) in [5.41, 5.74) is 16.5. The Kier molecular flexibility index (Phi) is 3.19. The Morgan fingerprint density at radius 2 is 1.31 bits per heavy atom. The fraction of sp³-hybridized carbons (Fsp3) is 0.0909. The maximum atomic E-state index is 10.8. The van der Waals surface area contributed by atoms with Gasteiger partial charge in [0.1, 0.15) is 0 Å². The molecule has 3 aromatic rings. The van der Waals surface area contributed by atoms with E-state index >= 15 is 0 Å². The Morgan fingerprint density at radius 3 is 1.85 bits per heavy atom. The van der Waals surface area contributed by atoms with Gasteiger partial charge in [-0.25, -0.2) is 10.2 Å². The summed E-state index contributed by atoms with van der Waals surface area (Å²) in [4.78, 5) is 10.8. The summed E-state index contributed by atoms with van der Waals surface area (Å²) < 4.78 is 0. The van der Waals surface area contributed by atoms with Crippen molar-refractivity contribution >= 4 is 12.2 Å². The van der Waals surface area contributed by atoms with Crippen LogP contribution in [0.2, 0.25) is 0 Å². The molecular formula is C22H17N3O. The number of benzene rings is 3. The standard InChI is InChI=1S/C22H17N3O/c23-22(26)25-24-12-13-9-10-18-19(11-13)21-16-7-3-1-5-14(16)20(18)15-6-2-4-8-17(15)21/h1-12,20-21H,(H3,23,25,26). The number of nitrogens with zero attached hydrogens (tertiary/aromatic N) is 1. The number of nitrogens with one attached hydrogen (secondary N) is 1. The third kappa shape index (κ3) is 2.09. The van der Waals surface area contributed by atoms with Crippen molar-refractivity contribution in [2.24, 2.45) is 10.8 Å². The summed E-state index contributed by atoms with van der Waals surface area (Å²) >= 11 is 0. The van der Waals surface area contributed by atoms with Crippen molar-refractivity contribution in [1.29, 1.82) is 0 Å². The summed E-state index contributed by atoms with van der Waals surface area (Å²) in [6.07, 6.45) is 1.63. The van der Waals surface area contributed by atoms with Crippen LogP contribution in [0.1, 0.15) is 50.8 Å². The van der Waals surface area contributed by atoms with Crippen molar-refractivity contribution in [2.45, 2.75) is 11.8 Å². The van der Waals surface area contributed by atoms with Crippen molar-refractivity contribution in [3.8, 4) is 0 Å². The fourth-order valence-electron chi connectivity index (χ4n) is 4.44. The molecule has 0 spiro atoms. The minimum Gasteiger partial charge on any atom is -0.350 e. The quantitative estimate of drug-likeness (QED) is 0.374. The minimum atomic E-state index is -0.666. The Balaban J connectivity index is 1.67. The average molecular weight is 339 g/mol. The number of nitrogens with two attached hydrogens (primary N) is 1. The summed E-state index contributed by atoms with van der Waals surface area (Å²) in [7, 11) is 0. The van der Waals surface area contributed by atoms with Gasteiger partial charge in [0.05, 0.1) is 6.21 Å². The SMILES string of the molecule is NC(=O)NN=Cc1ccc2c(c1)C1c3ccccc3C2c2ccccc21. The molecule has 0 unspecified atom stereocenters. The van der Waals surface area contributed by atoms with Crippen LogP contribution in [0.15, 0.2) is 71.8 Å². The molecule has 0 aromatic heterocycles. The smallest absolute Gasteiger partial charge is 0.332 e. The normalized spacial score (nSPS) is 18.9. The Morgan fingerprint density at radius 1 is 0.808 bits per heavy atom. The van der Waals surface area contributed by atoms with Crippen LogP contribution >= 0.6 is 0 Å². The lowest BCUT2D eigenvalue weighted by Gasteiger charge is -2.42. The second-order valence-corrected chi connectivity index (χ2v) is 6.75. The molecule has 0 saturated heterocycles. The van der Waals surface area contributed by atoms with E-state index in [-0.39, 0.29) is 11.8 Å². The zero-order valence-electron chi connectivity index (χ0n) is 14.0. The summed E-state index contributed by atoms with van der Waals surface area (Å²) in [6, 6.07) is 23.2. The van der Waals surface area contributed by atoms with Gasteiger partial charge in [-0.1, -0.05) is 60.7 Å². The van der Waals surface area contributed by atoms with E-state index in [1.807, 2.05) is 6.07 Å². The number of carbonyl (C=O) groups excluding carboxylic acids is 1. The predicted octanol–water partition coefficient (Wildman–Crippen LogP) is 3.68. The summed E-state index contributed by atoms with van der Waals surface area (Å²) in [5, 5.41) is 3.89. The van der Waals surface area contributed by atoms with Crippen molar-refractivity contribution in [1.82, 2.24) is 5.43 Å². The second kappa shape index (κ2) is 5.56. The first-order valence-corrected chi connectivity index (χ1v) is 8.64. The topological polar surface area (TPSA) is 67.5 Å². The average Bonchev–Trinajstić information content (AvgIpc) is 2.67. The molecule has 3 aliphatic carbocycles. The summed E-state index contributed by atoms with van der Waals surface area (Å²) in [5.74, 6) is 0.511. The highest BCUT2D eigenvalue weighted by Crippen LogP contribution is 2.55. The number of hydrazone groups is 1. The van der Waals surface area contributed by atoms with E-state index in [4.69, 9.17) is 5.73 Å². The zero-order chi connectivity index (χ0) is 17.7. The molecule has 2 bridgehead atoms.